The third-order valence-electron chi connectivity index (χ3n) is 5.47. The number of hydrogen-bond donors (Lipinski definition) is 0. The second kappa shape index (κ2) is 7.43. The minimum absolute atomic E-state index is 0.0282. The van der Waals surface area contributed by atoms with Crippen LogP contribution in [0.4, 0.5) is 14.5 Å². The van der Waals surface area contributed by atoms with Crippen LogP contribution >= 0.6 is 0 Å². The Labute approximate surface area is 168 Å². The summed E-state index contributed by atoms with van der Waals surface area (Å²) in [5.41, 5.74) is 1.31. The molecule has 0 aliphatic carbocycles. The molecule has 0 radical (unpaired) electrons. The van der Waals surface area contributed by atoms with E-state index < -0.39 is 23.4 Å². The average molecular weight is 396 g/mol. The van der Waals surface area contributed by atoms with Crippen LogP contribution in [0.5, 0.6) is 0 Å². The summed E-state index contributed by atoms with van der Waals surface area (Å²) in [4.78, 5) is 29.7. The maximum atomic E-state index is 13.8. The van der Waals surface area contributed by atoms with E-state index in [1.165, 1.54) is 6.07 Å². The molecule has 2 atom stereocenters. The summed E-state index contributed by atoms with van der Waals surface area (Å²) < 4.78 is 27.2. The third-order valence-corrected chi connectivity index (χ3v) is 5.47. The molecule has 2 aliphatic heterocycles. The van der Waals surface area contributed by atoms with Gasteiger partial charge in [-0.3, -0.25) is 9.59 Å². The van der Waals surface area contributed by atoms with Crippen molar-refractivity contribution in [2.24, 2.45) is 11.8 Å². The largest absolute Gasteiger partial charge is 0.366 e. The molecule has 6 heteroatoms. The first kappa shape index (κ1) is 19.3. The minimum atomic E-state index is -1.10. The second-order valence-corrected chi connectivity index (χ2v) is 7.98. The minimum Gasteiger partial charge on any atom is -0.366 e. The molecule has 0 bridgehead atoms. The van der Waals surface area contributed by atoms with Crippen LogP contribution in [-0.4, -0.2) is 29.8 Å². The number of nitrogens with zero attached hydrogens (tertiary/aromatic N) is 2. The number of likely N-dealkylation sites (tertiary alicyclic amines) is 1. The Hall–Kier alpha value is -3.02. The fourth-order valence-corrected chi connectivity index (χ4v) is 4.38. The van der Waals surface area contributed by atoms with Gasteiger partial charge in [0, 0.05) is 19.2 Å². The molecule has 150 valence electrons. The zero-order chi connectivity index (χ0) is 20.7. The molecule has 2 aliphatic rings. The van der Waals surface area contributed by atoms with E-state index in [-0.39, 0.29) is 5.69 Å². The lowest BCUT2D eigenvalue weighted by molar-refractivity contribution is -0.120. The number of piperidine rings is 1. The molecule has 4 nitrogen and oxygen atoms in total. The molecule has 2 aromatic carbocycles. The Balaban J connectivity index is 1.83. The number of benzene rings is 2. The number of halogens is 2. The fraction of sp³-hybridized carbons (Fsp3) is 0.304. The summed E-state index contributed by atoms with van der Waals surface area (Å²) in [6.07, 6.45) is 1.06. The highest BCUT2D eigenvalue weighted by Crippen LogP contribution is 2.37. The quantitative estimate of drug-likeness (QED) is 0.729. The van der Waals surface area contributed by atoms with E-state index in [1.807, 2.05) is 11.0 Å². The summed E-state index contributed by atoms with van der Waals surface area (Å²) in [5.74, 6) is -2.39. The fourth-order valence-electron chi connectivity index (χ4n) is 4.38. The number of anilines is 1. The summed E-state index contributed by atoms with van der Waals surface area (Å²) >= 11 is 0. The molecule has 2 unspecified atom stereocenters. The van der Waals surface area contributed by atoms with Gasteiger partial charge in [0.05, 0.1) is 11.3 Å². The van der Waals surface area contributed by atoms with Crippen LogP contribution in [0.3, 0.4) is 0 Å². The highest BCUT2D eigenvalue weighted by molar-refractivity contribution is 6.45. The SMILES string of the molecule is CC1CC(C)CN(C2=C(c3ccccc3)C(=O)N(c3ccc(F)c(F)c3)C2=O)C1. The normalized spacial score (nSPS) is 22.6. The maximum absolute atomic E-state index is 13.8. The molecule has 0 saturated carbocycles. The van der Waals surface area contributed by atoms with Gasteiger partial charge in [-0.05, 0) is 36.0 Å². The number of hydrogen-bond acceptors (Lipinski definition) is 3. The van der Waals surface area contributed by atoms with E-state index in [0.717, 1.165) is 23.5 Å². The van der Waals surface area contributed by atoms with Gasteiger partial charge in [0.25, 0.3) is 11.8 Å². The van der Waals surface area contributed by atoms with Crippen molar-refractivity contribution in [2.75, 3.05) is 18.0 Å². The second-order valence-electron chi connectivity index (χ2n) is 7.98. The van der Waals surface area contributed by atoms with Crippen molar-refractivity contribution >= 4 is 23.1 Å². The van der Waals surface area contributed by atoms with Crippen LogP contribution < -0.4 is 4.90 Å². The first-order valence-electron chi connectivity index (χ1n) is 9.75. The Bertz CT molecular complexity index is 993. The maximum Gasteiger partial charge on any atom is 0.282 e. The molecule has 2 aromatic rings. The highest BCUT2D eigenvalue weighted by atomic mass is 19.2. The standard InChI is InChI=1S/C23H22F2N2O2/c1-14-10-15(2)13-26(12-14)21-20(16-6-4-3-5-7-16)22(28)27(23(21)29)17-8-9-18(24)19(25)11-17/h3-9,11,14-15H,10,12-13H2,1-2H3. The first-order chi connectivity index (χ1) is 13.9. The number of carbonyl (C=O) groups is 2. The predicted molar refractivity (Wildman–Crippen MR) is 107 cm³/mol. The van der Waals surface area contributed by atoms with Crippen molar-refractivity contribution in [1.82, 2.24) is 4.90 Å². The number of imide groups is 1. The predicted octanol–water partition coefficient (Wildman–Crippen LogP) is 4.23. The van der Waals surface area contributed by atoms with E-state index in [0.29, 0.717) is 41.8 Å². The van der Waals surface area contributed by atoms with Gasteiger partial charge in [-0.2, -0.15) is 0 Å². The van der Waals surface area contributed by atoms with Crippen molar-refractivity contribution in [1.29, 1.82) is 0 Å². The molecule has 2 heterocycles. The molecule has 1 fully saturated rings. The first-order valence-corrected chi connectivity index (χ1v) is 9.75. The molecular formula is C23H22F2N2O2. The summed E-state index contributed by atoms with van der Waals surface area (Å²) in [6.45, 7) is 5.58. The molecule has 2 amide bonds. The van der Waals surface area contributed by atoms with E-state index in [2.05, 4.69) is 13.8 Å². The van der Waals surface area contributed by atoms with Gasteiger partial charge < -0.3 is 4.90 Å². The third kappa shape index (κ3) is 3.43. The Morgan fingerprint density at radius 3 is 2.14 bits per heavy atom. The summed E-state index contributed by atoms with van der Waals surface area (Å²) in [7, 11) is 0. The van der Waals surface area contributed by atoms with Crippen molar-refractivity contribution in [3.05, 3.63) is 71.4 Å². The van der Waals surface area contributed by atoms with Gasteiger partial charge in [0.15, 0.2) is 11.6 Å². The lowest BCUT2D eigenvalue weighted by Gasteiger charge is -2.37. The lowest BCUT2D eigenvalue weighted by Crippen LogP contribution is -2.42. The average Bonchev–Trinajstić information content (AvgIpc) is 2.94. The lowest BCUT2D eigenvalue weighted by atomic mass is 9.91. The zero-order valence-electron chi connectivity index (χ0n) is 16.4. The molecule has 0 spiro atoms. The molecule has 0 N–H and O–H groups in total. The molecule has 29 heavy (non-hydrogen) atoms. The molecule has 1 saturated heterocycles. The molecular weight excluding hydrogens is 374 g/mol. The van der Waals surface area contributed by atoms with Crippen molar-refractivity contribution in [2.45, 2.75) is 20.3 Å². The van der Waals surface area contributed by atoms with E-state index in [4.69, 9.17) is 0 Å². The summed E-state index contributed by atoms with van der Waals surface area (Å²) in [5, 5.41) is 0. The van der Waals surface area contributed by atoms with Crippen LogP contribution in [0.2, 0.25) is 0 Å². The number of carbonyl (C=O) groups excluding carboxylic acids is 2. The Morgan fingerprint density at radius 2 is 1.52 bits per heavy atom. The number of rotatable bonds is 3. The Morgan fingerprint density at radius 1 is 0.862 bits per heavy atom. The van der Waals surface area contributed by atoms with Crippen molar-refractivity contribution in [3.63, 3.8) is 0 Å². The summed E-state index contributed by atoms with van der Waals surface area (Å²) in [6, 6.07) is 12.1. The van der Waals surface area contributed by atoms with Gasteiger partial charge in [-0.25, -0.2) is 13.7 Å². The van der Waals surface area contributed by atoms with Gasteiger partial charge in [-0.1, -0.05) is 44.2 Å². The zero-order valence-corrected chi connectivity index (χ0v) is 16.4. The van der Waals surface area contributed by atoms with E-state index >= 15 is 0 Å². The van der Waals surface area contributed by atoms with Gasteiger partial charge >= 0.3 is 0 Å². The number of amides is 2. The highest BCUT2D eigenvalue weighted by Gasteiger charge is 2.43. The van der Waals surface area contributed by atoms with Crippen LogP contribution in [-0.2, 0) is 9.59 Å². The van der Waals surface area contributed by atoms with E-state index in [1.54, 1.807) is 24.3 Å². The van der Waals surface area contributed by atoms with E-state index in [9.17, 15) is 18.4 Å². The molecule has 4 rings (SSSR count). The van der Waals surface area contributed by atoms with Gasteiger partial charge in [-0.15, -0.1) is 0 Å². The van der Waals surface area contributed by atoms with Crippen LogP contribution in [0.25, 0.3) is 5.57 Å². The van der Waals surface area contributed by atoms with Gasteiger partial charge in [0.1, 0.15) is 5.70 Å². The van der Waals surface area contributed by atoms with Crippen molar-refractivity contribution in [3.8, 4) is 0 Å². The smallest absolute Gasteiger partial charge is 0.282 e. The monoisotopic (exact) mass is 396 g/mol. The van der Waals surface area contributed by atoms with Crippen LogP contribution in [0.1, 0.15) is 25.8 Å². The Kier molecular flexibility index (Phi) is 4.94. The van der Waals surface area contributed by atoms with Crippen molar-refractivity contribution < 1.29 is 18.4 Å². The topological polar surface area (TPSA) is 40.6 Å². The van der Waals surface area contributed by atoms with Gasteiger partial charge in [0.2, 0.25) is 0 Å². The van der Waals surface area contributed by atoms with Crippen LogP contribution in [0, 0.1) is 23.5 Å². The molecule has 0 aromatic heterocycles. The van der Waals surface area contributed by atoms with Crippen LogP contribution in [0.15, 0.2) is 54.2 Å².